The Labute approximate surface area is 150 Å². The molecule has 24 heavy (non-hydrogen) atoms. The van der Waals surface area contributed by atoms with Crippen LogP contribution in [0.25, 0.3) is 0 Å². The Bertz CT molecular complexity index is 851. The molecule has 8 heteroatoms. The highest BCUT2D eigenvalue weighted by atomic mass is 35.5. The zero-order chi connectivity index (χ0) is 17.9. The van der Waals surface area contributed by atoms with Crippen molar-refractivity contribution < 1.29 is 17.9 Å². The van der Waals surface area contributed by atoms with Crippen LogP contribution >= 0.6 is 23.2 Å². The fourth-order valence-corrected chi connectivity index (χ4v) is 2.82. The first kappa shape index (κ1) is 18.6. The van der Waals surface area contributed by atoms with Crippen LogP contribution in [-0.4, -0.2) is 26.7 Å². The van der Waals surface area contributed by atoms with Gasteiger partial charge in [-0.2, -0.15) is 0 Å². The van der Waals surface area contributed by atoms with Gasteiger partial charge in [-0.25, -0.2) is 8.42 Å². The Morgan fingerprint density at radius 3 is 2.33 bits per heavy atom. The fourth-order valence-electron chi connectivity index (χ4n) is 1.85. The molecule has 0 aliphatic carbocycles. The lowest BCUT2D eigenvalue weighted by Gasteiger charge is -2.16. The topological polar surface area (TPSA) is 72.5 Å². The maximum atomic E-state index is 12.2. The van der Waals surface area contributed by atoms with E-state index in [0.717, 1.165) is 6.26 Å². The third kappa shape index (κ3) is 4.63. The summed E-state index contributed by atoms with van der Waals surface area (Å²) in [5.74, 6) is -0.0996. The Balaban J connectivity index is 2.05. The molecule has 0 fully saturated rings. The number of hydrogen-bond acceptors (Lipinski definition) is 4. The summed E-state index contributed by atoms with van der Waals surface area (Å²) in [6, 6.07) is 10.7. The summed E-state index contributed by atoms with van der Waals surface area (Å²) in [6.45, 7) is 1.57. The molecule has 2 aromatic carbocycles. The zero-order valence-electron chi connectivity index (χ0n) is 12.9. The largest absolute Gasteiger partial charge is 0.479 e. The number of sulfone groups is 1. The second-order valence-electron chi connectivity index (χ2n) is 5.10. The van der Waals surface area contributed by atoms with Crippen LogP contribution in [0, 0.1) is 0 Å². The van der Waals surface area contributed by atoms with Gasteiger partial charge in [-0.15, -0.1) is 0 Å². The van der Waals surface area contributed by atoms with Crippen LogP contribution in [-0.2, 0) is 14.6 Å². The minimum absolute atomic E-state index is 0.176. The molecule has 0 heterocycles. The van der Waals surface area contributed by atoms with E-state index in [-0.39, 0.29) is 9.92 Å². The van der Waals surface area contributed by atoms with Crippen molar-refractivity contribution in [2.75, 3.05) is 11.6 Å². The second kappa shape index (κ2) is 7.42. The smallest absolute Gasteiger partial charge is 0.265 e. The minimum Gasteiger partial charge on any atom is -0.479 e. The monoisotopic (exact) mass is 387 g/mol. The summed E-state index contributed by atoms with van der Waals surface area (Å²) in [6.07, 6.45) is 0.293. The first-order valence-electron chi connectivity index (χ1n) is 6.90. The van der Waals surface area contributed by atoms with Crippen LogP contribution in [0.4, 0.5) is 5.69 Å². The highest BCUT2D eigenvalue weighted by Gasteiger charge is 2.17. The number of rotatable bonds is 5. The number of carbonyl (C=O) groups excluding carboxylic acids is 1. The van der Waals surface area contributed by atoms with E-state index in [1.165, 1.54) is 24.3 Å². The predicted octanol–water partition coefficient (Wildman–Crippen LogP) is 3.80. The van der Waals surface area contributed by atoms with Crippen molar-refractivity contribution in [3.63, 3.8) is 0 Å². The number of carbonyl (C=O) groups is 1. The average molecular weight is 388 g/mol. The van der Waals surface area contributed by atoms with Crippen molar-refractivity contribution in [3.8, 4) is 5.75 Å². The molecule has 0 aliphatic heterocycles. The third-order valence-electron chi connectivity index (χ3n) is 3.14. The van der Waals surface area contributed by atoms with Gasteiger partial charge in [0.05, 0.1) is 9.92 Å². The number of halogens is 2. The van der Waals surface area contributed by atoms with Crippen molar-refractivity contribution in [3.05, 3.63) is 52.5 Å². The molecule has 2 aromatic rings. The van der Waals surface area contributed by atoms with Crippen molar-refractivity contribution in [1.82, 2.24) is 0 Å². The van der Waals surface area contributed by atoms with Gasteiger partial charge >= 0.3 is 0 Å². The highest BCUT2D eigenvalue weighted by Crippen LogP contribution is 2.32. The van der Waals surface area contributed by atoms with Crippen LogP contribution in [0.5, 0.6) is 5.75 Å². The van der Waals surface area contributed by atoms with Gasteiger partial charge in [0.1, 0.15) is 10.8 Å². The van der Waals surface area contributed by atoms with Crippen LogP contribution in [0.1, 0.15) is 6.92 Å². The number of nitrogens with one attached hydrogen (secondary N) is 1. The first-order chi connectivity index (χ1) is 11.2. The van der Waals surface area contributed by atoms with Crippen molar-refractivity contribution in [2.24, 2.45) is 0 Å². The van der Waals surface area contributed by atoms with E-state index in [1.54, 1.807) is 25.1 Å². The van der Waals surface area contributed by atoms with Gasteiger partial charge in [-0.1, -0.05) is 29.3 Å². The van der Waals surface area contributed by atoms with E-state index in [2.05, 4.69) is 5.32 Å². The molecule has 0 saturated carbocycles. The van der Waals surface area contributed by atoms with Gasteiger partial charge in [0, 0.05) is 11.9 Å². The second-order valence-corrected chi connectivity index (χ2v) is 7.90. The van der Waals surface area contributed by atoms with E-state index >= 15 is 0 Å². The highest BCUT2D eigenvalue weighted by molar-refractivity contribution is 7.90. The molecular weight excluding hydrogens is 373 g/mol. The van der Waals surface area contributed by atoms with Gasteiger partial charge in [0.25, 0.3) is 5.91 Å². The summed E-state index contributed by atoms with van der Waals surface area (Å²) in [5.41, 5.74) is 0.458. The summed E-state index contributed by atoms with van der Waals surface area (Å²) in [7, 11) is -3.28. The summed E-state index contributed by atoms with van der Waals surface area (Å²) >= 11 is 11.9. The Kier molecular flexibility index (Phi) is 5.74. The number of hydrogen-bond donors (Lipinski definition) is 1. The summed E-state index contributed by atoms with van der Waals surface area (Å²) in [4.78, 5) is 12.3. The molecule has 0 bridgehead atoms. The number of benzene rings is 2. The SMILES string of the molecule is CC(Oc1cccc(Cl)c1Cl)C(=O)Nc1ccc(S(C)(=O)=O)cc1. The summed E-state index contributed by atoms with van der Waals surface area (Å²) < 4.78 is 28.3. The molecule has 1 N–H and O–H groups in total. The van der Waals surface area contributed by atoms with Crippen LogP contribution in [0.15, 0.2) is 47.4 Å². The molecule has 0 aliphatic rings. The fraction of sp³-hybridized carbons (Fsp3) is 0.188. The molecule has 0 aromatic heterocycles. The molecule has 1 unspecified atom stereocenters. The quantitative estimate of drug-likeness (QED) is 0.846. The van der Waals surface area contributed by atoms with Gasteiger partial charge in [-0.05, 0) is 43.3 Å². The molecule has 0 radical (unpaired) electrons. The van der Waals surface area contributed by atoms with E-state index in [9.17, 15) is 13.2 Å². The van der Waals surface area contributed by atoms with Crippen LogP contribution in [0.3, 0.4) is 0 Å². The number of amides is 1. The first-order valence-corrected chi connectivity index (χ1v) is 9.55. The van der Waals surface area contributed by atoms with E-state index < -0.39 is 21.8 Å². The standard InChI is InChI=1S/C16H15Cl2NO4S/c1-10(23-14-5-3-4-13(17)15(14)18)16(20)19-11-6-8-12(9-7-11)24(2,21)22/h3-10H,1-2H3,(H,19,20). The molecule has 1 amide bonds. The maximum absolute atomic E-state index is 12.2. The molecule has 128 valence electrons. The lowest BCUT2D eigenvalue weighted by molar-refractivity contribution is -0.122. The zero-order valence-corrected chi connectivity index (χ0v) is 15.2. The van der Waals surface area contributed by atoms with E-state index in [1.807, 2.05) is 0 Å². The Morgan fingerprint density at radius 2 is 1.75 bits per heavy atom. The summed E-state index contributed by atoms with van der Waals surface area (Å²) in [5, 5.41) is 3.20. The van der Waals surface area contributed by atoms with Gasteiger partial charge in [0.2, 0.25) is 0 Å². The number of anilines is 1. The third-order valence-corrected chi connectivity index (χ3v) is 5.07. The van der Waals surface area contributed by atoms with E-state index in [4.69, 9.17) is 27.9 Å². The number of ether oxygens (including phenoxy) is 1. The molecule has 0 spiro atoms. The molecule has 2 rings (SSSR count). The molecule has 1 atom stereocenters. The van der Waals surface area contributed by atoms with Gasteiger partial charge < -0.3 is 10.1 Å². The molecule has 5 nitrogen and oxygen atoms in total. The molecular formula is C16H15Cl2NO4S. The van der Waals surface area contributed by atoms with Crippen molar-refractivity contribution >= 4 is 44.6 Å². The lowest BCUT2D eigenvalue weighted by Crippen LogP contribution is -2.30. The normalized spacial score (nSPS) is 12.5. The van der Waals surface area contributed by atoms with Crippen molar-refractivity contribution in [1.29, 1.82) is 0 Å². The van der Waals surface area contributed by atoms with E-state index in [0.29, 0.717) is 16.5 Å². The Hall–Kier alpha value is -1.76. The average Bonchev–Trinajstić information content (AvgIpc) is 2.51. The van der Waals surface area contributed by atoms with Crippen LogP contribution < -0.4 is 10.1 Å². The van der Waals surface area contributed by atoms with Crippen molar-refractivity contribution in [2.45, 2.75) is 17.9 Å². The lowest BCUT2D eigenvalue weighted by atomic mass is 10.3. The predicted molar refractivity (Wildman–Crippen MR) is 94.7 cm³/mol. The van der Waals surface area contributed by atoms with Crippen LogP contribution in [0.2, 0.25) is 10.0 Å². The van der Waals surface area contributed by atoms with Gasteiger partial charge in [0.15, 0.2) is 15.9 Å². The molecule has 0 saturated heterocycles. The maximum Gasteiger partial charge on any atom is 0.265 e. The van der Waals surface area contributed by atoms with Gasteiger partial charge in [-0.3, -0.25) is 4.79 Å². The Morgan fingerprint density at radius 1 is 1.12 bits per heavy atom. The minimum atomic E-state index is -3.28.